The Hall–Kier alpha value is -3.66. The number of imidazole rings is 1. The quantitative estimate of drug-likeness (QED) is 0.168. The van der Waals surface area contributed by atoms with E-state index in [1.807, 2.05) is 12.1 Å². The maximum absolute atomic E-state index is 8.33. The molecule has 1 aliphatic rings. The van der Waals surface area contributed by atoms with Crippen LogP contribution in [0.5, 0.6) is 0 Å². The molecule has 1 saturated carbocycles. The largest absolute Gasteiger partial charge is 0.332 e. The summed E-state index contributed by atoms with van der Waals surface area (Å²) in [4.78, 5) is 13.4. The van der Waals surface area contributed by atoms with E-state index in [-0.39, 0.29) is 59.4 Å². The minimum absolute atomic E-state index is 0. The van der Waals surface area contributed by atoms with E-state index < -0.39 is 34.4 Å². The Morgan fingerprint density at radius 2 is 1.64 bits per heavy atom. The Labute approximate surface area is 302 Å². The van der Waals surface area contributed by atoms with Gasteiger partial charge in [-0.1, -0.05) is 61.3 Å². The van der Waals surface area contributed by atoms with E-state index in [4.69, 9.17) is 25.5 Å². The first kappa shape index (κ1) is 18.5. The van der Waals surface area contributed by atoms with Crippen LogP contribution in [0.4, 0.5) is 0 Å². The van der Waals surface area contributed by atoms with Crippen molar-refractivity contribution in [2.75, 3.05) is 0 Å². The van der Waals surface area contributed by atoms with Gasteiger partial charge in [0.2, 0.25) is 0 Å². The molecule has 3 aromatic carbocycles. The zero-order chi connectivity index (χ0) is 43.5. The summed E-state index contributed by atoms with van der Waals surface area (Å²) in [7, 11) is 0. The van der Waals surface area contributed by atoms with Gasteiger partial charge in [0.15, 0.2) is 0 Å². The fourth-order valence-corrected chi connectivity index (χ4v) is 5.73. The van der Waals surface area contributed by atoms with Crippen LogP contribution in [-0.4, -0.2) is 19.5 Å². The van der Waals surface area contributed by atoms with Crippen molar-refractivity contribution in [2.45, 2.75) is 72.9 Å². The molecule has 1 aliphatic carbocycles. The zero-order valence-corrected chi connectivity index (χ0v) is 27.4. The molecule has 3 aromatic heterocycles. The van der Waals surface area contributed by atoms with Crippen molar-refractivity contribution in [3.63, 3.8) is 0 Å². The van der Waals surface area contributed by atoms with Crippen LogP contribution in [0.15, 0.2) is 73.1 Å². The molecule has 233 valence electrons. The molecule has 0 unspecified atom stereocenters. The summed E-state index contributed by atoms with van der Waals surface area (Å²) in [5.74, 6) is 0.521. The maximum atomic E-state index is 8.33. The number of nitrogens with zero attached hydrogens (tertiary/aromatic N) is 4. The van der Waals surface area contributed by atoms with Gasteiger partial charge >= 0.3 is 0 Å². The summed E-state index contributed by atoms with van der Waals surface area (Å²) in [5.41, 5.74) is 2.73. The van der Waals surface area contributed by atoms with Crippen LogP contribution in [0.25, 0.3) is 44.3 Å². The van der Waals surface area contributed by atoms with E-state index >= 15 is 0 Å². The molecule has 5 heteroatoms. The average Bonchev–Trinajstić information content (AvgIpc) is 3.54. The first-order valence-electron chi connectivity index (χ1n) is 22.0. The Balaban J connectivity index is 0.000000274. The van der Waals surface area contributed by atoms with E-state index in [1.165, 1.54) is 35.0 Å². The molecule has 45 heavy (non-hydrogen) atoms. The Morgan fingerprint density at radius 3 is 2.33 bits per heavy atom. The van der Waals surface area contributed by atoms with Gasteiger partial charge in [-0.3, -0.25) is 0 Å². The summed E-state index contributed by atoms with van der Waals surface area (Å²) in [6.45, 7) is -7.66. The molecule has 7 rings (SSSR count). The van der Waals surface area contributed by atoms with Gasteiger partial charge in [0, 0.05) is 66.0 Å². The number of rotatable bonds is 3. The molecular weight excluding hydrogens is 729 g/mol. The topological polar surface area (TPSA) is 43.6 Å². The van der Waals surface area contributed by atoms with Gasteiger partial charge in [-0.15, -0.1) is 59.2 Å². The van der Waals surface area contributed by atoms with Crippen molar-refractivity contribution >= 4 is 21.8 Å². The van der Waals surface area contributed by atoms with E-state index in [9.17, 15) is 0 Å². The molecule has 0 bridgehead atoms. The zero-order valence-electron chi connectivity index (χ0n) is 40.0. The minimum Gasteiger partial charge on any atom is -0.332 e. The summed E-state index contributed by atoms with van der Waals surface area (Å²) in [6, 6.07) is 21.9. The van der Waals surface area contributed by atoms with Gasteiger partial charge in [-0.05, 0) is 80.2 Å². The number of hydrogen-bond donors (Lipinski definition) is 0. The maximum Gasteiger partial charge on any atom is 0.111 e. The second-order valence-corrected chi connectivity index (χ2v) is 12.0. The molecule has 0 amide bonds. The summed E-state index contributed by atoms with van der Waals surface area (Å²) in [6.07, 6.45) is 6.01. The summed E-state index contributed by atoms with van der Waals surface area (Å²) >= 11 is 0. The third-order valence-electron chi connectivity index (χ3n) is 8.34. The van der Waals surface area contributed by atoms with Crippen molar-refractivity contribution < 1.29 is 40.7 Å². The van der Waals surface area contributed by atoms with Gasteiger partial charge in [0.25, 0.3) is 0 Å². The number of pyridine rings is 2. The molecular formula is C40H42IrN4-2. The first-order chi connectivity index (χ1) is 27.1. The van der Waals surface area contributed by atoms with E-state index in [1.54, 1.807) is 24.3 Å². The number of fused-ring (bicyclic) bond motifs is 3. The molecule has 1 radical (unpaired) electrons. The van der Waals surface area contributed by atoms with Crippen LogP contribution in [-0.2, 0) is 27.1 Å². The molecule has 1 fully saturated rings. The molecule has 0 aliphatic heterocycles. The van der Waals surface area contributed by atoms with Crippen LogP contribution in [0.3, 0.4) is 0 Å². The van der Waals surface area contributed by atoms with Crippen molar-refractivity contribution in [2.24, 2.45) is 12.4 Å². The minimum atomic E-state index is -2.67. The van der Waals surface area contributed by atoms with Gasteiger partial charge in [0.1, 0.15) is 5.82 Å². The van der Waals surface area contributed by atoms with Gasteiger partial charge in [-0.25, -0.2) is 4.98 Å². The molecule has 3 heterocycles. The van der Waals surface area contributed by atoms with Crippen molar-refractivity contribution in [1.29, 1.82) is 0 Å². The van der Waals surface area contributed by atoms with E-state index in [2.05, 4.69) is 35.9 Å². The molecule has 6 aromatic rings. The molecule has 0 atom stereocenters. The second kappa shape index (κ2) is 13.4. The van der Waals surface area contributed by atoms with Gasteiger partial charge in [0.05, 0.1) is 11.0 Å². The monoisotopic (exact) mass is 786 g/mol. The normalized spacial score (nSPS) is 20.9. The number of benzene rings is 3. The number of aryl methyl sites for hydroxylation is 5. The van der Waals surface area contributed by atoms with Crippen LogP contribution < -0.4 is 0 Å². The summed E-state index contributed by atoms with van der Waals surface area (Å²) < 4.78 is 117. The molecule has 0 saturated heterocycles. The SMILES string of the molecule is [2H]C([2H])([2H])c1c[c-]c(-c2ccc(C([2H])([2H])[2H])cn2)cc1.[2H]C([2H])([2H])c1cnc(-c2[c-]ccc3ccc4c(nc(C5CCC(C)(C)CC5)n4C([2H])([2H])[2H])c23)cc1C([2H])([2H])[2H].[Ir]. The Bertz CT molecular complexity index is 2400. The Kier molecular flexibility index (Phi) is 5.49. The average molecular weight is 786 g/mol. The third kappa shape index (κ3) is 6.95. The van der Waals surface area contributed by atoms with E-state index in [0.717, 1.165) is 37.3 Å². The van der Waals surface area contributed by atoms with Crippen molar-refractivity contribution in [1.82, 2.24) is 19.5 Å². The van der Waals surface area contributed by atoms with E-state index in [0.29, 0.717) is 39.1 Å². The molecule has 4 nitrogen and oxygen atoms in total. The number of aromatic nitrogens is 4. The Morgan fingerprint density at radius 1 is 0.844 bits per heavy atom. The van der Waals surface area contributed by atoms with Crippen LogP contribution in [0.1, 0.15) is 94.1 Å². The van der Waals surface area contributed by atoms with Crippen molar-refractivity contribution in [3.8, 4) is 22.5 Å². The third-order valence-corrected chi connectivity index (χ3v) is 8.34. The fourth-order valence-electron chi connectivity index (χ4n) is 5.73. The van der Waals surface area contributed by atoms with Crippen LogP contribution >= 0.6 is 0 Å². The fraction of sp³-hybridized carbons (Fsp3) is 0.325. The smallest absolute Gasteiger partial charge is 0.111 e. The molecule has 0 spiro atoms. The predicted octanol–water partition coefficient (Wildman–Crippen LogP) is 10.1. The van der Waals surface area contributed by atoms with Crippen LogP contribution in [0.2, 0.25) is 0 Å². The summed E-state index contributed by atoms with van der Waals surface area (Å²) in [5, 5.41) is 1.36. The first-order valence-corrected chi connectivity index (χ1v) is 14.5. The van der Waals surface area contributed by atoms with Gasteiger partial charge in [-0.2, -0.15) is 0 Å². The number of hydrogen-bond acceptors (Lipinski definition) is 3. The predicted molar refractivity (Wildman–Crippen MR) is 183 cm³/mol. The van der Waals surface area contributed by atoms with Crippen LogP contribution in [0, 0.1) is 45.0 Å². The van der Waals surface area contributed by atoms with Crippen molar-refractivity contribution in [3.05, 3.63) is 113 Å². The van der Waals surface area contributed by atoms with Gasteiger partial charge < -0.3 is 14.5 Å². The standard InChI is InChI=1S/C27H30N3.C13H12N.Ir/c1-17-15-22(28-16-18(17)2)21-8-6-7-19-9-10-23-25(24(19)21)29-26(30(23)5)20-11-13-27(3,4)14-12-20;1-10-3-6-12(7-4-10)13-8-5-11(2)9-14-13;/h6-7,9-10,15-16,20H,11-14H2,1-5H3;3-6,8-9H,1-2H3;/q2*-1;/i1D3,2D3,5D3;1D3,2D3;. The second-order valence-electron chi connectivity index (χ2n) is 12.0. The molecule has 0 N–H and O–H groups in total.